The summed E-state index contributed by atoms with van der Waals surface area (Å²) in [5, 5.41) is 2.22. The van der Waals surface area contributed by atoms with E-state index in [1.807, 2.05) is 11.3 Å². The Hall–Kier alpha value is -1.59. The van der Waals surface area contributed by atoms with E-state index in [0.717, 1.165) is 23.9 Å². The van der Waals surface area contributed by atoms with Crippen molar-refractivity contribution in [1.82, 2.24) is 9.97 Å². The molecular weight excluding hydrogens is 346 g/mol. The number of anilines is 2. The number of thiophene rings is 1. The Morgan fingerprint density at radius 1 is 1.04 bits per heavy atom. The van der Waals surface area contributed by atoms with Crippen LogP contribution in [0.3, 0.4) is 0 Å². The molecule has 5 heteroatoms. The molecule has 3 nitrogen and oxygen atoms in total. The zero-order valence-electron chi connectivity index (χ0n) is 14.4. The third-order valence-corrected chi connectivity index (χ3v) is 7.06. The molecule has 0 spiro atoms. The van der Waals surface area contributed by atoms with Gasteiger partial charge in [-0.2, -0.15) is 0 Å². The van der Waals surface area contributed by atoms with Crippen molar-refractivity contribution in [2.75, 3.05) is 17.7 Å². The molecule has 0 atom stereocenters. The number of thioether (sulfide) groups is 1. The Kier molecular flexibility index (Phi) is 3.94. The van der Waals surface area contributed by atoms with Crippen LogP contribution in [-0.4, -0.2) is 22.8 Å². The van der Waals surface area contributed by atoms with Crippen LogP contribution < -0.4 is 4.90 Å². The number of fused-ring (bicyclic) bond motifs is 4. The predicted octanol–water partition coefficient (Wildman–Crippen LogP) is 5.38. The van der Waals surface area contributed by atoms with Gasteiger partial charge in [0, 0.05) is 17.1 Å². The highest BCUT2D eigenvalue weighted by Gasteiger charge is 2.26. The molecule has 5 rings (SSSR count). The molecule has 0 saturated heterocycles. The fraction of sp³-hybridized carbons (Fsp3) is 0.400. The van der Waals surface area contributed by atoms with Gasteiger partial charge in [0.15, 0.2) is 5.16 Å². The van der Waals surface area contributed by atoms with Gasteiger partial charge in [0.25, 0.3) is 0 Å². The molecule has 0 radical (unpaired) electrons. The summed E-state index contributed by atoms with van der Waals surface area (Å²) in [4.78, 5) is 15.0. The summed E-state index contributed by atoms with van der Waals surface area (Å²) in [6.45, 7) is 1.04. The van der Waals surface area contributed by atoms with Crippen molar-refractivity contribution in [3.8, 4) is 0 Å². The summed E-state index contributed by atoms with van der Waals surface area (Å²) in [6.07, 6.45) is 9.41. The van der Waals surface area contributed by atoms with Gasteiger partial charge in [0.1, 0.15) is 10.6 Å². The third-order valence-electron chi connectivity index (χ3n) is 5.32. The summed E-state index contributed by atoms with van der Waals surface area (Å²) in [6, 6.07) is 8.81. The maximum absolute atomic E-state index is 5.01. The van der Waals surface area contributed by atoms with E-state index in [1.165, 1.54) is 59.1 Å². The first-order valence-corrected chi connectivity index (χ1v) is 11.1. The summed E-state index contributed by atoms with van der Waals surface area (Å²) in [5.74, 6) is 1.14. The largest absolute Gasteiger partial charge is 0.325 e. The maximum Gasteiger partial charge on any atom is 0.190 e. The zero-order valence-corrected chi connectivity index (χ0v) is 16.1. The number of nitrogens with zero attached hydrogens (tertiary/aromatic N) is 3. The van der Waals surface area contributed by atoms with E-state index in [1.54, 1.807) is 16.6 Å². The maximum atomic E-state index is 5.01. The number of rotatable bonds is 2. The van der Waals surface area contributed by atoms with E-state index in [9.17, 15) is 0 Å². The number of aryl methyl sites for hydroxylation is 3. The van der Waals surface area contributed by atoms with E-state index in [4.69, 9.17) is 9.97 Å². The van der Waals surface area contributed by atoms with Crippen LogP contribution in [0, 0.1) is 0 Å². The summed E-state index contributed by atoms with van der Waals surface area (Å²) < 4.78 is 0. The molecule has 0 unspecified atom stereocenters. The van der Waals surface area contributed by atoms with Gasteiger partial charge in [-0.25, -0.2) is 9.97 Å². The molecular formula is C20H21N3S2. The highest BCUT2D eigenvalue weighted by molar-refractivity contribution is 7.98. The Balaban J connectivity index is 1.77. The summed E-state index contributed by atoms with van der Waals surface area (Å²) >= 11 is 3.54. The highest BCUT2D eigenvalue weighted by Crippen LogP contribution is 2.43. The highest BCUT2D eigenvalue weighted by atomic mass is 32.2. The molecule has 3 heterocycles. The first kappa shape index (κ1) is 15.6. The van der Waals surface area contributed by atoms with Crippen LogP contribution in [0.15, 0.2) is 29.4 Å². The minimum atomic E-state index is 0.893. The molecule has 2 aliphatic rings. The van der Waals surface area contributed by atoms with Crippen LogP contribution in [0.1, 0.15) is 35.3 Å². The molecule has 1 aliphatic carbocycles. The van der Waals surface area contributed by atoms with Gasteiger partial charge in [-0.15, -0.1) is 11.3 Å². The van der Waals surface area contributed by atoms with E-state index >= 15 is 0 Å². The van der Waals surface area contributed by atoms with E-state index in [-0.39, 0.29) is 0 Å². The predicted molar refractivity (Wildman–Crippen MR) is 108 cm³/mol. The lowest BCUT2D eigenvalue weighted by molar-refractivity contribution is 0.699. The second-order valence-corrected chi connectivity index (χ2v) is 8.67. The Bertz CT molecular complexity index is 948. The van der Waals surface area contributed by atoms with Crippen molar-refractivity contribution in [3.05, 3.63) is 40.3 Å². The van der Waals surface area contributed by atoms with Crippen molar-refractivity contribution in [2.45, 2.75) is 43.7 Å². The van der Waals surface area contributed by atoms with E-state index < -0.39 is 0 Å². The first-order valence-electron chi connectivity index (χ1n) is 9.07. The van der Waals surface area contributed by atoms with Gasteiger partial charge in [-0.05, 0) is 62.0 Å². The van der Waals surface area contributed by atoms with Gasteiger partial charge >= 0.3 is 0 Å². The van der Waals surface area contributed by atoms with Gasteiger partial charge in [0.05, 0.1) is 5.39 Å². The van der Waals surface area contributed by atoms with Crippen LogP contribution in [-0.2, 0) is 19.3 Å². The fourth-order valence-corrected chi connectivity index (χ4v) is 5.83. The quantitative estimate of drug-likeness (QED) is 0.449. The lowest BCUT2D eigenvalue weighted by Gasteiger charge is -2.31. The minimum Gasteiger partial charge on any atom is -0.325 e. The molecule has 0 bridgehead atoms. The fourth-order valence-electron chi connectivity index (χ4n) is 4.16. The van der Waals surface area contributed by atoms with Gasteiger partial charge in [-0.3, -0.25) is 0 Å². The summed E-state index contributed by atoms with van der Waals surface area (Å²) in [7, 11) is 0. The topological polar surface area (TPSA) is 29.0 Å². The van der Waals surface area contributed by atoms with E-state index in [2.05, 4.69) is 35.4 Å². The lowest BCUT2D eigenvalue weighted by Crippen LogP contribution is -2.26. The van der Waals surface area contributed by atoms with Crippen LogP contribution in [0.4, 0.5) is 11.5 Å². The first-order chi connectivity index (χ1) is 12.3. The average molecular weight is 368 g/mol. The molecule has 3 aromatic rings. The Labute approximate surface area is 156 Å². The standard InChI is InChI=1S/C20H21N3S2/c1-24-20-21-18(23-12-6-8-13-7-2-4-10-15(13)23)17-14-9-3-5-11-16(14)25-19(17)22-20/h2,4,7,10H,3,5-6,8-9,11-12H2,1H3. The van der Waals surface area contributed by atoms with Crippen LogP contribution in [0.2, 0.25) is 0 Å². The molecule has 0 fully saturated rings. The van der Waals surface area contributed by atoms with Crippen molar-refractivity contribution < 1.29 is 0 Å². The number of hydrogen-bond acceptors (Lipinski definition) is 5. The number of hydrogen-bond donors (Lipinski definition) is 0. The Morgan fingerprint density at radius 3 is 2.84 bits per heavy atom. The van der Waals surface area contributed by atoms with Crippen LogP contribution in [0.5, 0.6) is 0 Å². The van der Waals surface area contributed by atoms with E-state index in [0.29, 0.717) is 0 Å². The van der Waals surface area contributed by atoms with Crippen LogP contribution >= 0.6 is 23.1 Å². The second-order valence-electron chi connectivity index (χ2n) is 6.81. The molecule has 0 N–H and O–H groups in total. The molecule has 0 saturated carbocycles. The lowest BCUT2D eigenvalue weighted by atomic mass is 9.96. The van der Waals surface area contributed by atoms with Crippen molar-refractivity contribution >= 4 is 44.8 Å². The number of benzene rings is 1. The smallest absolute Gasteiger partial charge is 0.190 e. The number of para-hydroxylation sites is 1. The van der Waals surface area contributed by atoms with Gasteiger partial charge in [-0.1, -0.05) is 30.0 Å². The molecule has 128 valence electrons. The average Bonchev–Trinajstić information content (AvgIpc) is 3.05. The normalized spacial score (nSPS) is 16.8. The monoisotopic (exact) mass is 367 g/mol. The van der Waals surface area contributed by atoms with Gasteiger partial charge < -0.3 is 4.90 Å². The molecule has 25 heavy (non-hydrogen) atoms. The molecule has 1 aromatic carbocycles. The Morgan fingerprint density at radius 2 is 1.92 bits per heavy atom. The minimum absolute atomic E-state index is 0.893. The third kappa shape index (κ3) is 2.56. The molecule has 1 aliphatic heterocycles. The zero-order chi connectivity index (χ0) is 16.8. The second kappa shape index (κ2) is 6.29. The number of aromatic nitrogens is 2. The van der Waals surface area contributed by atoms with Crippen LogP contribution in [0.25, 0.3) is 10.2 Å². The van der Waals surface area contributed by atoms with Crippen molar-refractivity contribution in [3.63, 3.8) is 0 Å². The summed E-state index contributed by atoms with van der Waals surface area (Å²) in [5.41, 5.74) is 4.30. The SMILES string of the molecule is CSc1nc(N2CCCc3ccccc32)c2c3c(sc2n1)CCCC3. The van der Waals surface area contributed by atoms with Gasteiger partial charge in [0.2, 0.25) is 0 Å². The van der Waals surface area contributed by atoms with Crippen molar-refractivity contribution in [2.24, 2.45) is 0 Å². The molecule has 0 amide bonds. The van der Waals surface area contributed by atoms with Crippen molar-refractivity contribution in [1.29, 1.82) is 0 Å². The molecule has 2 aromatic heterocycles.